The van der Waals surface area contributed by atoms with E-state index in [9.17, 15) is 13.6 Å². The van der Waals surface area contributed by atoms with Crippen molar-refractivity contribution in [2.24, 2.45) is 0 Å². The van der Waals surface area contributed by atoms with Crippen molar-refractivity contribution in [2.75, 3.05) is 18.9 Å². The first-order chi connectivity index (χ1) is 12.7. The number of rotatable bonds is 5. The number of ether oxygens (including phenoxy) is 1. The average Bonchev–Trinajstić information content (AvgIpc) is 2.62. The van der Waals surface area contributed by atoms with E-state index in [0.29, 0.717) is 16.2 Å². The van der Waals surface area contributed by atoms with E-state index in [1.54, 1.807) is 13.0 Å². The monoisotopic (exact) mass is 392 g/mol. The molecule has 2 rings (SSSR count). The van der Waals surface area contributed by atoms with Crippen molar-refractivity contribution in [3.63, 3.8) is 0 Å². The molecule has 0 atom stereocenters. The molecule has 1 N–H and O–H groups in total. The Balaban J connectivity index is 2.12. The zero-order chi connectivity index (χ0) is 20.1. The number of carbonyl (C=O) groups is 1. The van der Waals surface area contributed by atoms with Crippen LogP contribution in [0.2, 0.25) is 0 Å². The molecule has 2 aromatic rings. The fraction of sp³-hybridized carbons (Fsp3) is 0.300. The molecule has 0 saturated heterocycles. The van der Waals surface area contributed by atoms with E-state index < -0.39 is 17.6 Å². The van der Waals surface area contributed by atoms with Crippen molar-refractivity contribution < 1.29 is 18.3 Å². The molecule has 0 aliphatic carbocycles. The highest BCUT2D eigenvalue weighted by Gasteiger charge is 2.15. The van der Waals surface area contributed by atoms with Gasteiger partial charge in [0.25, 0.3) is 0 Å². The number of carbonyl (C=O) groups excluding carboxylic acids is 1. The van der Waals surface area contributed by atoms with Crippen molar-refractivity contribution in [1.82, 2.24) is 4.90 Å². The third-order valence-electron chi connectivity index (χ3n) is 4.23. The molecule has 2 aromatic carbocycles. The molecule has 0 fully saturated rings. The number of benzene rings is 2. The van der Waals surface area contributed by atoms with Crippen LogP contribution in [0.15, 0.2) is 30.3 Å². The Morgan fingerprint density at radius 1 is 1.19 bits per heavy atom. The predicted molar refractivity (Wildman–Crippen MR) is 106 cm³/mol. The number of esters is 1. The minimum Gasteiger partial charge on any atom is -0.457 e. The van der Waals surface area contributed by atoms with Crippen LogP contribution in [0.5, 0.6) is 0 Å². The van der Waals surface area contributed by atoms with Gasteiger partial charge in [0, 0.05) is 30.9 Å². The Kier molecular flexibility index (Phi) is 6.85. The largest absolute Gasteiger partial charge is 0.457 e. The van der Waals surface area contributed by atoms with E-state index in [-0.39, 0.29) is 12.2 Å². The topological polar surface area (TPSA) is 41.6 Å². The van der Waals surface area contributed by atoms with E-state index >= 15 is 0 Å². The molecule has 0 heterocycles. The van der Waals surface area contributed by atoms with Gasteiger partial charge in [0.2, 0.25) is 0 Å². The highest BCUT2D eigenvalue weighted by molar-refractivity contribution is 7.80. The first kappa shape index (κ1) is 20.8. The van der Waals surface area contributed by atoms with Gasteiger partial charge in [-0.2, -0.15) is 0 Å². The quantitative estimate of drug-likeness (QED) is 0.596. The first-order valence-electron chi connectivity index (χ1n) is 8.47. The van der Waals surface area contributed by atoms with Crippen molar-refractivity contribution in [1.29, 1.82) is 0 Å². The molecule has 0 saturated carbocycles. The summed E-state index contributed by atoms with van der Waals surface area (Å²) in [6.07, 6.45) is 0. The lowest BCUT2D eigenvalue weighted by atomic mass is 10.0. The van der Waals surface area contributed by atoms with Crippen molar-refractivity contribution in [3.05, 3.63) is 64.2 Å². The Labute approximate surface area is 163 Å². The Morgan fingerprint density at radius 3 is 2.52 bits per heavy atom. The molecular weight excluding hydrogens is 370 g/mol. The summed E-state index contributed by atoms with van der Waals surface area (Å²) >= 11 is 5.32. The SMILES string of the molecule is CCN(C)C(=S)Nc1cc(C)c(C(=O)OCc2ccc(F)cc2F)cc1C. The number of nitrogens with zero attached hydrogens (tertiary/aromatic N) is 1. The second-order valence-electron chi connectivity index (χ2n) is 6.24. The molecule has 7 heteroatoms. The van der Waals surface area contributed by atoms with Crippen LogP contribution in [0.1, 0.15) is 34.0 Å². The summed E-state index contributed by atoms with van der Waals surface area (Å²) in [4.78, 5) is 14.3. The molecule has 0 spiro atoms. The van der Waals surface area contributed by atoms with E-state index in [1.807, 2.05) is 31.9 Å². The van der Waals surface area contributed by atoms with E-state index in [0.717, 1.165) is 29.9 Å². The summed E-state index contributed by atoms with van der Waals surface area (Å²) in [5.41, 5.74) is 2.83. The maximum absolute atomic E-state index is 13.7. The molecule has 144 valence electrons. The second kappa shape index (κ2) is 8.90. The van der Waals surface area contributed by atoms with Crippen LogP contribution >= 0.6 is 12.2 Å². The first-order valence-corrected chi connectivity index (χ1v) is 8.88. The second-order valence-corrected chi connectivity index (χ2v) is 6.62. The molecular formula is C20H22F2N2O2S. The van der Waals surface area contributed by atoms with Gasteiger partial charge in [0.1, 0.15) is 18.2 Å². The van der Waals surface area contributed by atoms with E-state index in [2.05, 4.69) is 5.32 Å². The zero-order valence-electron chi connectivity index (χ0n) is 15.7. The fourth-order valence-electron chi connectivity index (χ4n) is 2.38. The summed E-state index contributed by atoms with van der Waals surface area (Å²) in [7, 11) is 1.89. The summed E-state index contributed by atoms with van der Waals surface area (Å²) in [6.45, 7) is 6.14. The van der Waals surface area contributed by atoms with Crippen molar-refractivity contribution in [2.45, 2.75) is 27.4 Å². The summed E-state index contributed by atoms with van der Waals surface area (Å²) < 4.78 is 31.8. The number of halogens is 2. The van der Waals surface area contributed by atoms with E-state index in [1.165, 1.54) is 6.07 Å². The van der Waals surface area contributed by atoms with Gasteiger partial charge in [0.15, 0.2) is 5.11 Å². The molecule has 0 aliphatic rings. The van der Waals surface area contributed by atoms with Crippen LogP contribution in [0.25, 0.3) is 0 Å². The molecule has 0 bridgehead atoms. The summed E-state index contributed by atoms with van der Waals surface area (Å²) in [5, 5.41) is 3.74. The van der Waals surface area contributed by atoms with Gasteiger partial charge in [-0.05, 0) is 68.4 Å². The number of nitrogens with one attached hydrogen (secondary N) is 1. The van der Waals surface area contributed by atoms with Crippen molar-refractivity contribution in [3.8, 4) is 0 Å². The molecule has 27 heavy (non-hydrogen) atoms. The standard InChI is InChI=1S/C20H22F2N2O2S/c1-5-24(4)20(27)23-18-9-12(2)16(8-13(18)3)19(25)26-11-14-6-7-15(21)10-17(14)22/h6-10H,5,11H2,1-4H3,(H,23,27). The van der Waals surface area contributed by atoms with Gasteiger partial charge in [-0.1, -0.05) is 0 Å². The summed E-state index contributed by atoms with van der Waals surface area (Å²) in [6, 6.07) is 6.66. The maximum atomic E-state index is 13.7. The minimum atomic E-state index is -0.746. The smallest absolute Gasteiger partial charge is 0.338 e. The third-order valence-corrected chi connectivity index (χ3v) is 4.64. The number of anilines is 1. The van der Waals surface area contributed by atoms with E-state index in [4.69, 9.17) is 17.0 Å². The van der Waals surface area contributed by atoms with Gasteiger partial charge < -0.3 is 15.0 Å². The van der Waals surface area contributed by atoms with Gasteiger partial charge >= 0.3 is 5.97 Å². The molecule has 0 aromatic heterocycles. The zero-order valence-corrected chi connectivity index (χ0v) is 16.5. The Bertz CT molecular complexity index is 871. The summed E-state index contributed by atoms with van der Waals surface area (Å²) in [5.74, 6) is -1.99. The molecule has 0 unspecified atom stereocenters. The van der Waals surface area contributed by atoms with Gasteiger partial charge in [-0.25, -0.2) is 13.6 Å². The molecule has 0 radical (unpaired) electrons. The van der Waals surface area contributed by atoms with Crippen LogP contribution in [-0.4, -0.2) is 29.6 Å². The van der Waals surface area contributed by atoms with Crippen LogP contribution in [-0.2, 0) is 11.3 Å². The highest BCUT2D eigenvalue weighted by atomic mass is 32.1. The lowest BCUT2D eigenvalue weighted by Crippen LogP contribution is -2.31. The lowest BCUT2D eigenvalue weighted by molar-refractivity contribution is 0.0468. The van der Waals surface area contributed by atoms with Crippen molar-refractivity contribution >= 4 is 29.0 Å². The Morgan fingerprint density at radius 2 is 1.89 bits per heavy atom. The minimum absolute atomic E-state index is 0.116. The lowest BCUT2D eigenvalue weighted by Gasteiger charge is -2.20. The van der Waals surface area contributed by atoms with Crippen LogP contribution in [0, 0.1) is 25.5 Å². The number of aryl methyl sites for hydroxylation is 2. The highest BCUT2D eigenvalue weighted by Crippen LogP contribution is 2.22. The fourth-order valence-corrected chi connectivity index (χ4v) is 2.62. The van der Waals surface area contributed by atoms with Crippen LogP contribution in [0.3, 0.4) is 0 Å². The maximum Gasteiger partial charge on any atom is 0.338 e. The molecule has 0 aliphatic heterocycles. The van der Waals surface area contributed by atoms with Gasteiger partial charge in [-0.15, -0.1) is 0 Å². The average molecular weight is 392 g/mol. The van der Waals surface area contributed by atoms with Crippen LogP contribution < -0.4 is 5.32 Å². The Hall–Kier alpha value is -2.54. The van der Waals surface area contributed by atoms with Gasteiger partial charge in [0.05, 0.1) is 5.56 Å². The molecule has 0 amide bonds. The third kappa shape index (κ3) is 5.23. The number of hydrogen-bond donors (Lipinski definition) is 1. The molecule has 4 nitrogen and oxygen atoms in total. The van der Waals surface area contributed by atoms with Gasteiger partial charge in [-0.3, -0.25) is 0 Å². The predicted octanol–water partition coefficient (Wildman–Crippen LogP) is 4.59. The normalized spacial score (nSPS) is 10.4. The number of thiocarbonyl (C=S) groups is 1. The number of hydrogen-bond acceptors (Lipinski definition) is 3. The van der Waals surface area contributed by atoms with Crippen LogP contribution in [0.4, 0.5) is 14.5 Å².